The molecule has 2 rings (SSSR count). The SMILES string of the molecule is Cc1nc(Cl)ccc1NC(=O)c1ccc(Cl)cc1. The minimum atomic E-state index is -0.209. The molecule has 0 aliphatic rings. The van der Waals surface area contributed by atoms with Gasteiger partial charge in [-0.3, -0.25) is 4.79 Å². The molecule has 0 saturated carbocycles. The maximum atomic E-state index is 11.9. The number of pyridine rings is 1. The Kier molecular flexibility index (Phi) is 3.84. The molecular formula is C13H10Cl2N2O. The van der Waals surface area contributed by atoms with Crippen molar-refractivity contribution in [3.05, 3.63) is 57.8 Å². The van der Waals surface area contributed by atoms with Crippen LogP contribution in [0.25, 0.3) is 0 Å². The van der Waals surface area contributed by atoms with Crippen LogP contribution in [0.3, 0.4) is 0 Å². The molecule has 1 N–H and O–H groups in total. The highest BCUT2D eigenvalue weighted by atomic mass is 35.5. The van der Waals surface area contributed by atoms with Crippen LogP contribution in [0.5, 0.6) is 0 Å². The number of hydrogen-bond acceptors (Lipinski definition) is 2. The predicted molar refractivity (Wildman–Crippen MR) is 73.4 cm³/mol. The van der Waals surface area contributed by atoms with Crippen molar-refractivity contribution < 1.29 is 4.79 Å². The number of amides is 1. The maximum absolute atomic E-state index is 11.9. The Balaban J connectivity index is 2.18. The molecule has 18 heavy (non-hydrogen) atoms. The Morgan fingerprint density at radius 2 is 1.78 bits per heavy atom. The van der Waals surface area contributed by atoms with E-state index in [1.807, 2.05) is 0 Å². The van der Waals surface area contributed by atoms with Crippen molar-refractivity contribution in [3.8, 4) is 0 Å². The van der Waals surface area contributed by atoms with E-state index in [0.29, 0.717) is 27.1 Å². The summed E-state index contributed by atoms with van der Waals surface area (Å²) < 4.78 is 0. The van der Waals surface area contributed by atoms with Gasteiger partial charge in [0.05, 0.1) is 11.4 Å². The monoisotopic (exact) mass is 280 g/mol. The molecule has 1 amide bonds. The second kappa shape index (κ2) is 5.38. The smallest absolute Gasteiger partial charge is 0.255 e. The second-order valence-corrected chi connectivity index (χ2v) is 4.55. The van der Waals surface area contributed by atoms with E-state index in [2.05, 4.69) is 10.3 Å². The quantitative estimate of drug-likeness (QED) is 0.847. The van der Waals surface area contributed by atoms with Crippen molar-refractivity contribution >= 4 is 34.8 Å². The standard InChI is InChI=1S/C13H10Cl2N2O/c1-8-11(6-7-12(15)16-8)17-13(18)9-2-4-10(14)5-3-9/h2-7H,1H3,(H,17,18). The maximum Gasteiger partial charge on any atom is 0.255 e. The number of anilines is 1. The molecule has 5 heteroatoms. The topological polar surface area (TPSA) is 42.0 Å². The Morgan fingerprint density at radius 3 is 2.39 bits per heavy atom. The van der Waals surface area contributed by atoms with E-state index in [4.69, 9.17) is 23.2 Å². The lowest BCUT2D eigenvalue weighted by atomic mass is 10.2. The highest BCUT2D eigenvalue weighted by Gasteiger charge is 2.08. The van der Waals surface area contributed by atoms with Crippen LogP contribution in [0.15, 0.2) is 36.4 Å². The van der Waals surface area contributed by atoms with E-state index in [1.54, 1.807) is 43.3 Å². The lowest BCUT2D eigenvalue weighted by Crippen LogP contribution is -2.13. The van der Waals surface area contributed by atoms with E-state index in [9.17, 15) is 4.79 Å². The number of rotatable bonds is 2. The number of carbonyl (C=O) groups is 1. The fourth-order valence-corrected chi connectivity index (χ4v) is 1.77. The summed E-state index contributed by atoms with van der Waals surface area (Å²) in [7, 11) is 0. The molecular weight excluding hydrogens is 271 g/mol. The number of carbonyl (C=O) groups excluding carboxylic acids is 1. The Morgan fingerprint density at radius 1 is 1.11 bits per heavy atom. The number of nitrogens with one attached hydrogen (secondary N) is 1. The molecule has 2 aromatic rings. The number of halogens is 2. The van der Waals surface area contributed by atoms with Crippen LogP contribution >= 0.6 is 23.2 Å². The van der Waals surface area contributed by atoms with Crippen LogP contribution in [0, 0.1) is 6.92 Å². The van der Waals surface area contributed by atoms with Gasteiger partial charge < -0.3 is 5.32 Å². The van der Waals surface area contributed by atoms with Crippen molar-refractivity contribution in [1.82, 2.24) is 4.98 Å². The van der Waals surface area contributed by atoms with Crippen LogP contribution < -0.4 is 5.32 Å². The van der Waals surface area contributed by atoms with Crippen LogP contribution in [-0.2, 0) is 0 Å². The van der Waals surface area contributed by atoms with Gasteiger partial charge in [-0.05, 0) is 43.3 Å². The van der Waals surface area contributed by atoms with Gasteiger partial charge in [-0.15, -0.1) is 0 Å². The molecule has 0 radical (unpaired) electrons. The van der Waals surface area contributed by atoms with Crippen molar-refractivity contribution in [2.24, 2.45) is 0 Å². The molecule has 0 atom stereocenters. The molecule has 3 nitrogen and oxygen atoms in total. The molecule has 1 aromatic carbocycles. The van der Waals surface area contributed by atoms with Crippen molar-refractivity contribution in [2.45, 2.75) is 6.92 Å². The van der Waals surface area contributed by atoms with E-state index >= 15 is 0 Å². The number of aryl methyl sites for hydroxylation is 1. The lowest BCUT2D eigenvalue weighted by Gasteiger charge is -2.07. The van der Waals surface area contributed by atoms with E-state index < -0.39 is 0 Å². The molecule has 0 aliphatic carbocycles. The molecule has 1 aromatic heterocycles. The van der Waals surface area contributed by atoms with Gasteiger partial charge >= 0.3 is 0 Å². The van der Waals surface area contributed by atoms with E-state index in [0.717, 1.165) is 0 Å². The minimum Gasteiger partial charge on any atom is -0.320 e. The zero-order chi connectivity index (χ0) is 13.1. The van der Waals surface area contributed by atoms with Crippen molar-refractivity contribution in [1.29, 1.82) is 0 Å². The van der Waals surface area contributed by atoms with Gasteiger partial charge in [0.2, 0.25) is 0 Å². The summed E-state index contributed by atoms with van der Waals surface area (Å²) in [5.74, 6) is -0.209. The summed E-state index contributed by atoms with van der Waals surface area (Å²) in [4.78, 5) is 16.0. The van der Waals surface area contributed by atoms with Crippen molar-refractivity contribution in [3.63, 3.8) is 0 Å². The highest BCUT2D eigenvalue weighted by Crippen LogP contribution is 2.17. The number of benzene rings is 1. The summed E-state index contributed by atoms with van der Waals surface area (Å²) in [6, 6.07) is 10.0. The molecule has 0 fully saturated rings. The van der Waals surface area contributed by atoms with E-state index in [1.165, 1.54) is 0 Å². The highest BCUT2D eigenvalue weighted by molar-refractivity contribution is 6.30. The van der Waals surface area contributed by atoms with Gasteiger partial charge in [-0.1, -0.05) is 23.2 Å². The van der Waals surface area contributed by atoms with Crippen LogP contribution in [-0.4, -0.2) is 10.9 Å². The predicted octanol–water partition coefficient (Wildman–Crippen LogP) is 3.95. The first-order valence-electron chi connectivity index (χ1n) is 5.26. The molecule has 1 heterocycles. The van der Waals surface area contributed by atoms with Crippen molar-refractivity contribution in [2.75, 3.05) is 5.32 Å². The van der Waals surface area contributed by atoms with Crippen LogP contribution in [0.2, 0.25) is 10.2 Å². The Bertz CT molecular complexity index is 582. The fourth-order valence-electron chi connectivity index (χ4n) is 1.46. The summed E-state index contributed by atoms with van der Waals surface area (Å²) in [6.07, 6.45) is 0. The molecule has 0 unspecified atom stereocenters. The molecule has 0 aliphatic heterocycles. The first-order valence-corrected chi connectivity index (χ1v) is 6.02. The third-order valence-corrected chi connectivity index (χ3v) is 2.87. The van der Waals surface area contributed by atoms with Crippen LogP contribution in [0.1, 0.15) is 16.1 Å². The van der Waals surface area contributed by atoms with Gasteiger partial charge in [0, 0.05) is 10.6 Å². The fraction of sp³-hybridized carbons (Fsp3) is 0.0769. The van der Waals surface area contributed by atoms with Gasteiger partial charge in [0.15, 0.2) is 0 Å². The van der Waals surface area contributed by atoms with Gasteiger partial charge in [-0.2, -0.15) is 0 Å². The molecule has 92 valence electrons. The van der Waals surface area contributed by atoms with Gasteiger partial charge in [0.25, 0.3) is 5.91 Å². The number of aromatic nitrogens is 1. The Labute approximate surface area is 115 Å². The Hall–Kier alpha value is -1.58. The third kappa shape index (κ3) is 3.00. The lowest BCUT2D eigenvalue weighted by molar-refractivity contribution is 0.102. The largest absolute Gasteiger partial charge is 0.320 e. The normalized spacial score (nSPS) is 10.2. The average molecular weight is 281 g/mol. The number of nitrogens with zero attached hydrogens (tertiary/aromatic N) is 1. The molecule has 0 saturated heterocycles. The molecule has 0 bridgehead atoms. The van der Waals surface area contributed by atoms with Crippen LogP contribution in [0.4, 0.5) is 5.69 Å². The number of hydrogen-bond donors (Lipinski definition) is 1. The summed E-state index contributed by atoms with van der Waals surface area (Å²) in [5.41, 5.74) is 1.85. The zero-order valence-electron chi connectivity index (χ0n) is 9.58. The van der Waals surface area contributed by atoms with E-state index in [-0.39, 0.29) is 5.91 Å². The molecule has 0 spiro atoms. The summed E-state index contributed by atoms with van der Waals surface area (Å²) in [6.45, 7) is 1.78. The minimum absolute atomic E-state index is 0.209. The first kappa shape index (κ1) is 12.9. The summed E-state index contributed by atoms with van der Waals surface area (Å²) >= 11 is 11.5. The average Bonchev–Trinajstić information content (AvgIpc) is 2.33. The third-order valence-electron chi connectivity index (χ3n) is 2.41. The zero-order valence-corrected chi connectivity index (χ0v) is 11.1. The van der Waals surface area contributed by atoms with Gasteiger partial charge in [-0.25, -0.2) is 4.98 Å². The second-order valence-electron chi connectivity index (χ2n) is 3.73. The first-order chi connectivity index (χ1) is 8.56. The summed E-state index contributed by atoms with van der Waals surface area (Å²) in [5, 5.41) is 3.76. The van der Waals surface area contributed by atoms with Gasteiger partial charge in [0.1, 0.15) is 5.15 Å².